The Morgan fingerprint density at radius 2 is 2.05 bits per heavy atom. The summed E-state index contributed by atoms with van der Waals surface area (Å²) in [6.07, 6.45) is 1.58. The van der Waals surface area contributed by atoms with Gasteiger partial charge < -0.3 is 9.73 Å². The zero-order valence-corrected chi connectivity index (χ0v) is 13.2. The summed E-state index contributed by atoms with van der Waals surface area (Å²) in [5.74, 6) is 0.776. The number of rotatable bonds is 3. The van der Waals surface area contributed by atoms with E-state index >= 15 is 0 Å². The van der Waals surface area contributed by atoms with Crippen molar-refractivity contribution in [3.63, 3.8) is 0 Å². The topological polar surface area (TPSA) is 38.1 Å². The highest BCUT2D eigenvalue weighted by Gasteiger charge is 2.21. The molecule has 0 aliphatic heterocycles. The summed E-state index contributed by atoms with van der Waals surface area (Å²) in [7, 11) is 1.84. The fraction of sp³-hybridized carbons (Fsp3) is 0.188. The molecular weight excluding hydrogens is 307 g/mol. The third-order valence-corrected chi connectivity index (χ3v) is 3.95. The van der Waals surface area contributed by atoms with Crippen molar-refractivity contribution in [1.82, 2.24) is 10.3 Å². The molecule has 1 aromatic carbocycles. The zero-order chi connectivity index (χ0) is 15.0. The van der Waals surface area contributed by atoms with Crippen molar-refractivity contribution in [2.75, 3.05) is 7.05 Å². The minimum atomic E-state index is -0.221. The number of para-hydroxylation sites is 1. The maximum Gasteiger partial charge on any atom is 0.137 e. The van der Waals surface area contributed by atoms with Crippen LogP contribution in [-0.4, -0.2) is 12.0 Å². The summed E-state index contributed by atoms with van der Waals surface area (Å²) in [5.41, 5.74) is 2.68. The fourth-order valence-electron chi connectivity index (χ4n) is 2.42. The summed E-state index contributed by atoms with van der Waals surface area (Å²) < 4.78 is 6.00. The highest BCUT2D eigenvalue weighted by Crippen LogP contribution is 2.32. The van der Waals surface area contributed by atoms with Gasteiger partial charge in [-0.25, -0.2) is 0 Å². The van der Waals surface area contributed by atoms with Gasteiger partial charge in [0.2, 0.25) is 0 Å². The Morgan fingerprint density at radius 3 is 2.71 bits per heavy atom. The van der Waals surface area contributed by atoms with Gasteiger partial charge in [-0.3, -0.25) is 4.98 Å². The molecule has 21 heavy (non-hydrogen) atoms. The normalized spacial score (nSPS) is 12.8. The predicted octanol–water partition coefficient (Wildman–Crippen LogP) is 4.75. The summed E-state index contributed by atoms with van der Waals surface area (Å²) in [4.78, 5) is 4.33. The Kier molecular flexibility index (Phi) is 3.89. The van der Waals surface area contributed by atoms with Crippen LogP contribution in [0.4, 0.5) is 0 Å². The molecule has 0 aliphatic rings. The van der Waals surface area contributed by atoms with Gasteiger partial charge >= 0.3 is 0 Å². The van der Waals surface area contributed by atoms with Crippen molar-refractivity contribution in [2.24, 2.45) is 0 Å². The van der Waals surface area contributed by atoms with Crippen LogP contribution in [0.25, 0.3) is 11.0 Å². The zero-order valence-electron chi connectivity index (χ0n) is 11.7. The number of aryl methyl sites for hydroxylation is 1. The van der Waals surface area contributed by atoms with E-state index in [1.54, 1.807) is 12.3 Å². The third-order valence-electron chi connectivity index (χ3n) is 3.44. The van der Waals surface area contributed by atoms with E-state index in [2.05, 4.69) is 10.3 Å². The number of nitrogens with zero attached hydrogens (tertiary/aromatic N) is 1. The van der Waals surface area contributed by atoms with Crippen molar-refractivity contribution in [1.29, 1.82) is 0 Å². The number of furan rings is 1. The minimum absolute atomic E-state index is 0.221. The Balaban J connectivity index is 2.11. The van der Waals surface area contributed by atoms with Crippen molar-refractivity contribution in [3.8, 4) is 0 Å². The second-order valence-electron chi connectivity index (χ2n) is 4.88. The molecule has 3 nitrogen and oxygen atoms in total. The molecule has 0 aliphatic carbocycles. The second-order valence-corrected chi connectivity index (χ2v) is 5.73. The molecule has 1 atom stereocenters. The van der Waals surface area contributed by atoms with Crippen LogP contribution >= 0.6 is 23.2 Å². The molecule has 0 amide bonds. The lowest BCUT2D eigenvalue weighted by Crippen LogP contribution is -2.18. The van der Waals surface area contributed by atoms with E-state index in [1.165, 1.54) is 0 Å². The average molecular weight is 321 g/mol. The Labute approximate surface area is 132 Å². The van der Waals surface area contributed by atoms with E-state index < -0.39 is 0 Å². The largest absolute Gasteiger partial charge is 0.459 e. The quantitative estimate of drug-likeness (QED) is 0.756. The number of hydrogen-bond acceptors (Lipinski definition) is 3. The van der Waals surface area contributed by atoms with E-state index in [0.29, 0.717) is 15.7 Å². The summed E-state index contributed by atoms with van der Waals surface area (Å²) in [6, 6.07) is 9.54. The number of halogens is 2. The molecule has 3 rings (SSSR count). The van der Waals surface area contributed by atoms with Crippen molar-refractivity contribution in [3.05, 3.63) is 63.6 Å². The average Bonchev–Trinajstić information content (AvgIpc) is 2.87. The number of hydrogen-bond donors (Lipinski definition) is 1. The number of pyridine rings is 1. The van der Waals surface area contributed by atoms with Gasteiger partial charge in [0.05, 0.1) is 15.7 Å². The Morgan fingerprint density at radius 1 is 1.24 bits per heavy atom. The van der Waals surface area contributed by atoms with E-state index in [9.17, 15) is 0 Å². The first-order valence-electron chi connectivity index (χ1n) is 6.57. The lowest BCUT2D eigenvalue weighted by molar-refractivity contribution is 0.485. The molecule has 0 saturated heterocycles. The first-order valence-corrected chi connectivity index (χ1v) is 7.33. The second kappa shape index (κ2) is 5.68. The van der Waals surface area contributed by atoms with Crippen LogP contribution < -0.4 is 5.32 Å². The van der Waals surface area contributed by atoms with E-state index in [0.717, 1.165) is 22.3 Å². The van der Waals surface area contributed by atoms with Crippen molar-refractivity contribution in [2.45, 2.75) is 13.0 Å². The maximum atomic E-state index is 6.25. The molecule has 0 radical (unpaired) electrons. The molecule has 5 heteroatoms. The van der Waals surface area contributed by atoms with Crippen LogP contribution in [-0.2, 0) is 0 Å². The van der Waals surface area contributed by atoms with Gasteiger partial charge in [-0.05, 0) is 31.7 Å². The van der Waals surface area contributed by atoms with Gasteiger partial charge in [0.25, 0.3) is 0 Å². The molecule has 0 fully saturated rings. The highest BCUT2D eigenvalue weighted by atomic mass is 35.5. The van der Waals surface area contributed by atoms with Crippen molar-refractivity contribution < 1.29 is 4.42 Å². The molecule has 2 aromatic heterocycles. The first-order chi connectivity index (χ1) is 10.1. The lowest BCUT2D eigenvalue weighted by Gasteiger charge is -2.14. The highest BCUT2D eigenvalue weighted by molar-refractivity contribution is 6.34. The molecule has 1 unspecified atom stereocenters. The van der Waals surface area contributed by atoms with Crippen LogP contribution in [0.1, 0.15) is 23.1 Å². The maximum absolute atomic E-state index is 6.25. The molecular formula is C16H14Cl2N2O. The summed E-state index contributed by atoms with van der Waals surface area (Å²) in [5, 5.41) is 5.28. The number of aromatic nitrogens is 1. The predicted molar refractivity (Wildman–Crippen MR) is 86.1 cm³/mol. The lowest BCUT2D eigenvalue weighted by atomic mass is 10.1. The van der Waals surface area contributed by atoms with Crippen molar-refractivity contribution >= 4 is 34.2 Å². The van der Waals surface area contributed by atoms with Crippen LogP contribution in [0.3, 0.4) is 0 Å². The van der Waals surface area contributed by atoms with Gasteiger partial charge in [-0.1, -0.05) is 41.4 Å². The standard InChI is InChI=1S/C16H14Cl2N2O/c1-9-4-3-5-10-6-13(21-16(9)10)15(19-2)14-12(18)7-11(17)8-20-14/h3-8,15,19H,1-2H3. The summed E-state index contributed by atoms with van der Waals surface area (Å²) >= 11 is 12.2. The van der Waals surface area contributed by atoms with Gasteiger partial charge in [0.1, 0.15) is 17.4 Å². The molecule has 0 spiro atoms. The Hall–Kier alpha value is -1.55. The van der Waals surface area contributed by atoms with E-state index in [-0.39, 0.29) is 6.04 Å². The minimum Gasteiger partial charge on any atom is -0.459 e. The van der Waals surface area contributed by atoms with Gasteiger partial charge in [0, 0.05) is 11.6 Å². The van der Waals surface area contributed by atoms with Crippen LogP contribution in [0.2, 0.25) is 10.0 Å². The summed E-state index contributed by atoms with van der Waals surface area (Å²) in [6.45, 7) is 2.03. The van der Waals surface area contributed by atoms with Crippen LogP contribution in [0, 0.1) is 6.92 Å². The van der Waals surface area contributed by atoms with E-state index in [1.807, 2.05) is 38.2 Å². The number of nitrogens with one attached hydrogen (secondary N) is 1. The third kappa shape index (κ3) is 2.64. The molecule has 108 valence electrons. The Bertz CT molecular complexity index is 798. The fourth-order valence-corrected chi connectivity index (χ4v) is 2.91. The molecule has 2 heterocycles. The van der Waals surface area contributed by atoms with Gasteiger partial charge in [-0.15, -0.1) is 0 Å². The van der Waals surface area contributed by atoms with Crippen LogP contribution in [0.5, 0.6) is 0 Å². The SMILES string of the molecule is CNC(c1cc2cccc(C)c2o1)c1ncc(Cl)cc1Cl. The van der Waals surface area contributed by atoms with Crippen LogP contribution in [0.15, 0.2) is 40.9 Å². The monoisotopic (exact) mass is 320 g/mol. The molecule has 3 aromatic rings. The first kappa shape index (κ1) is 14.4. The smallest absolute Gasteiger partial charge is 0.137 e. The number of benzene rings is 1. The van der Waals surface area contributed by atoms with Gasteiger partial charge in [-0.2, -0.15) is 0 Å². The molecule has 0 saturated carbocycles. The van der Waals surface area contributed by atoms with E-state index in [4.69, 9.17) is 27.6 Å². The van der Waals surface area contributed by atoms with Gasteiger partial charge in [0.15, 0.2) is 0 Å². The molecule has 1 N–H and O–H groups in total. The molecule has 0 bridgehead atoms. The number of fused-ring (bicyclic) bond motifs is 1.